The van der Waals surface area contributed by atoms with Crippen molar-refractivity contribution in [3.8, 4) is 45.4 Å². The molecule has 6 aromatic carbocycles. The SMILES string of the molecule is c1ccc(-c2nc(-c3ccc4sc5c(-c6ccccc6)nc6ccccc6c5c4c3)nc(-c3cccc4oc5ccccc5c34)n2)cc1. The normalized spacial score (nSPS) is 11.8. The summed E-state index contributed by atoms with van der Waals surface area (Å²) in [5, 5.41) is 5.53. The zero-order chi connectivity index (χ0) is 31.6. The Balaban J connectivity index is 1.24. The van der Waals surface area contributed by atoms with Crippen LogP contribution in [0.4, 0.5) is 0 Å². The highest BCUT2D eigenvalue weighted by molar-refractivity contribution is 7.26. The summed E-state index contributed by atoms with van der Waals surface area (Å²) in [5.41, 5.74) is 7.49. The van der Waals surface area contributed by atoms with E-state index in [0.717, 1.165) is 66.2 Å². The fourth-order valence-corrected chi connectivity index (χ4v) is 7.93. The van der Waals surface area contributed by atoms with Crippen LogP contribution >= 0.6 is 11.3 Å². The molecule has 0 fully saturated rings. The zero-order valence-electron chi connectivity index (χ0n) is 25.5. The van der Waals surface area contributed by atoms with Crippen LogP contribution < -0.4 is 0 Å². The second-order valence-electron chi connectivity index (χ2n) is 11.8. The number of pyridine rings is 1. The Bertz CT molecular complexity index is 2840. The van der Waals surface area contributed by atoms with Crippen molar-refractivity contribution in [1.29, 1.82) is 0 Å². The molecule has 10 aromatic rings. The van der Waals surface area contributed by atoms with Gasteiger partial charge in [0, 0.05) is 53.9 Å². The number of rotatable bonds is 4. The minimum Gasteiger partial charge on any atom is -0.456 e. The zero-order valence-corrected chi connectivity index (χ0v) is 26.3. The first-order valence-corrected chi connectivity index (χ1v) is 16.6. The van der Waals surface area contributed by atoms with Crippen LogP contribution in [0.1, 0.15) is 0 Å². The summed E-state index contributed by atoms with van der Waals surface area (Å²) in [6.45, 7) is 0. The molecule has 0 N–H and O–H groups in total. The van der Waals surface area contributed by atoms with Crippen molar-refractivity contribution in [2.24, 2.45) is 0 Å². The van der Waals surface area contributed by atoms with Crippen molar-refractivity contribution in [1.82, 2.24) is 19.9 Å². The van der Waals surface area contributed by atoms with Gasteiger partial charge in [-0.05, 0) is 36.4 Å². The Morgan fingerprint density at radius 1 is 0.438 bits per heavy atom. The van der Waals surface area contributed by atoms with Crippen LogP contribution in [0.5, 0.6) is 0 Å². The van der Waals surface area contributed by atoms with Crippen LogP contribution in [0.15, 0.2) is 150 Å². The molecular weight excluding hydrogens is 609 g/mol. The third-order valence-electron chi connectivity index (χ3n) is 8.92. The van der Waals surface area contributed by atoms with Gasteiger partial charge in [-0.3, -0.25) is 0 Å². The van der Waals surface area contributed by atoms with E-state index in [9.17, 15) is 0 Å². The fraction of sp³-hybridized carbons (Fsp3) is 0. The molecule has 0 spiro atoms. The third kappa shape index (κ3) is 4.24. The summed E-state index contributed by atoms with van der Waals surface area (Å²) in [6, 6.07) is 49.7. The monoisotopic (exact) mass is 632 g/mol. The van der Waals surface area contributed by atoms with Gasteiger partial charge in [-0.25, -0.2) is 19.9 Å². The van der Waals surface area contributed by atoms with Crippen LogP contribution in [0, 0.1) is 0 Å². The largest absolute Gasteiger partial charge is 0.456 e. The van der Waals surface area contributed by atoms with E-state index in [0.29, 0.717) is 17.5 Å². The van der Waals surface area contributed by atoms with Crippen molar-refractivity contribution in [2.45, 2.75) is 0 Å². The van der Waals surface area contributed by atoms with E-state index in [-0.39, 0.29) is 0 Å². The number of nitrogens with zero attached hydrogens (tertiary/aromatic N) is 4. The molecule has 48 heavy (non-hydrogen) atoms. The molecule has 0 aliphatic rings. The summed E-state index contributed by atoms with van der Waals surface area (Å²) in [6.07, 6.45) is 0. The van der Waals surface area contributed by atoms with Gasteiger partial charge >= 0.3 is 0 Å². The lowest BCUT2D eigenvalue weighted by Crippen LogP contribution is -2.00. The molecule has 4 aromatic heterocycles. The van der Waals surface area contributed by atoms with Crippen LogP contribution in [-0.2, 0) is 0 Å². The molecular formula is C42H24N4OS. The number of furan rings is 1. The second kappa shape index (κ2) is 10.7. The summed E-state index contributed by atoms with van der Waals surface area (Å²) >= 11 is 1.78. The number of thiophene rings is 1. The molecule has 0 amide bonds. The van der Waals surface area contributed by atoms with Crippen molar-refractivity contribution in [3.63, 3.8) is 0 Å². The van der Waals surface area contributed by atoms with E-state index in [1.165, 1.54) is 14.8 Å². The van der Waals surface area contributed by atoms with Crippen molar-refractivity contribution in [3.05, 3.63) is 146 Å². The molecule has 5 nitrogen and oxygen atoms in total. The molecule has 0 saturated carbocycles. The van der Waals surface area contributed by atoms with Crippen molar-refractivity contribution in [2.75, 3.05) is 0 Å². The van der Waals surface area contributed by atoms with Crippen LogP contribution in [0.25, 0.3) is 98.4 Å². The maximum atomic E-state index is 6.23. The smallest absolute Gasteiger partial charge is 0.164 e. The number of hydrogen-bond acceptors (Lipinski definition) is 6. The summed E-state index contributed by atoms with van der Waals surface area (Å²) < 4.78 is 8.59. The molecule has 0 saturated heterocycles. The van der Waals surface area contributed by atoms with Gasteiger partial charge in [-0.2, -0.15) is 0 Å². The summed E-state index contributed by atoms with van der Waals surface area (Å²) in [7, 11) is 0. The van der Waals surface area contributed by atoms with Crippen molar-refractivity contribution >= 4 is 64.4 Å². The van der Waals surface area contributed by atoms with Gasteiger partial charge in [-0.1, -0.05) is 109 Å². The first-order chi connectivity index (χ1) is 23.8. The highest BCUT2D eigenvalue weighted by atomic mass is 32.1. The molecule has 10 rings (SSSR count). The van der Waals surface area contributed by atoms with E-state index in [1.54, 1.807) is 11.3 Å². The minimum atomic E-state index is 0.604. The Hall–Kier alpha value is -6.24. The topological polar surface area (TPSA) is 64.7 Å². The van der Waals surface area contributed by atoms with E-state index in [1.807, 2.05) is 66.7 Å². The van der Waals surface area contributed by atoms with Gasteiger partial charge in [0.25, 0.3) is 0 Å². The highest BCUT2D eigenvalue weighted by Gasteiger charge is 2.20. The second-order valence-corrected chi connectivity index (χ2v) is 12.9. The molecule has 0 bridgehead atoms. The maximum absolute atomic E-state index is 6.23. The third-order valence-corrected chi connectivity index (χ3v) is 10.1. The number of fused-ring (bicyclic) bond motifs is 8. The average molecular weight is 633 g/mol. The fourth-order valence-electron chi connectivity index (χ4n) is 6.72. The first kappa shape index (κ1) is 26.9. The van der Waals surface area contributed by atoms with E-state index < -0.39 is 0 Å². The van der Waals surface area contributed by atoms with Gasteiger partial charge < -0.3 is 4.42 Å². The lowest BCUT2D eigenvalue weighted by Gasteiger charge is -2.10. The molecule has 0 unspecified atom stereocenters. The predicted molar refractivity (Wildman–Crippen MR) is 197 cm³/mol. The molecule has 0 aliphatic carbocycles. The van der Waals surface area contributed by atoms with Gasteiger partial charge in [0.15, 0.2) is 17.5 Å². The maximum Gasteiger partial charge on any atom is 0.164 e. The van der Waals surface area contributed by atoms with Gasteiger partial charge in [0.2, 0.25) is 0 Å². The molecule has 0 aliphatic heterocycles. The molecule has 4 heterocycles. The van der Waals surface area contributed by atoms with Gasteiger partial charge in [-0.15, -0.1) is 11.3 Å². The number of para-hydroxylation sites is 2. The summed E-state index contributed by atoms with van der Waals surface area (Å²) in [5.74, 6) is 1.84. The molecule has 0 radical (unpaired) electrons. The number of benzene rings is 6. The molecule has 224 valence electrons. The Morgan fingerprint density at radius 2 is 1.10 bits per heavy atom. The predicted octanol–water partition coefficient (Wildman–Crippen LogP) is 11.4. The van der Waals surface area contributed by atoms with E-state index >= 15 is 0 Å². The molecule has 6 heteroatoms. The van der Waals surface area contributed by atoms with Crippen LogP contribution in [0.2, 0.25) is 0 Å². The lowest BCUT2D eigenvalue weighted by atomic mass is 10.0. The van der Waals surface area contributed by atoms with Gasteiger partial charge in [0.1, 0.15) is 11.2 Å². The summed E-state index contributed by atoms with van der Waals surface area (Å²) in [4.78, 5) is 20.4. The van der Waals surface area contributed by atoms with E-state index in [2.05, 4.69) is 78.9 Å². The first-order valence-electron chi connectivity index (χ1n) is 15.8. The Kier molecular flexibility index (Phi) is 5.98. The number of hydrogen-bond donors (Lipinski definition) is 0. The van der Waals surface area contributed by atoms with Crippen LogP contribution in [-0.4, -0.2) is 19.9 Å². The minimum absolute atomic E-state index is 0.604. The standard InChI is InChI=1S/C42H24N4OS/c1-3-12-25(13-4-1)38-39-37(28-16-7-9-19-32(28)43-38)31-24-27(22-23-35(31)48-39)41-44-40(26-14-5-2-6-15-26)45-42(46-41)30-18-11-21-34-36(30)29-17-8-10-20-33(29)47-34/h1-24H. The van der Waals surface area contributed by atoms with Gasteiger partial charge in [0.05, 0.1) is 15.9 Å². The van der Waals surface area contributed by atoms with E-state index in [4.69, 9.17) is 24.4 Å². The number of aromatic nitrogens is 4. The molecule has 0 atom stereocenters. The lowest BCUT2D eigenvalue weighted by molar-refractivity contribution is 0.669. The van der Waals surface area contributed by atoms with Crippen molar-refractivity contribution < 1.29 is 4.42 Å². The van der Waals surface area contributed by atoms with Crippen LogP contribution in [0.3, 0.4) is 0 Å². The Labute approximate surface area is 278 Å². The quantitative estimate of drug-likeness (QED) is 0.193. The Morgan fingerprint density at radius 3 is 1.94 bits per heavy atom. The average Bonchev–Trinajstić information content (AvgIpc) is 3.74. The highest BCUT2D eigenvalue weighted by Crippen LogP contribution is 2.44.